The number of rotatable bonds is 4. The highest BCUT2D eigenvalue weighted by atomic mass is 32.2. The molecule has 1 aromatic rings. The van der Waals surface area contributed by atoms with Crippen LogP contribution in [0.5, 0.6) is 0 Å². The van der Waals surface area contributed by atoms with Gasteiger partial charge in [-0.2, -0.15) is 0 Å². The monoisotopic (exact) mass is 364 g/mol. The Morgan fingerprint density at radius 2 is 1.96 bits per heavy atom. The van der Waals surface area contributed by atoms with Crippen LogP contribution in [0, 0.1) is 5.92 Å². The molecular formula is C18H28N4O2S. The molecular weight excluding hydrogens is 336 g/mol. The summed E-state index contributed by atoms with van der Waals surface area (Å²) in [6.45, 7) is 5.85. The zero-order chi connectivity index (χ0) is 17.9. The standard InChI is InChI=1S/C18H28N4O2S/c1-3-19-18(22-13-10-16-6-4-5-7-17(16)22)20-14-15-8-11-21(12-9-15)25(2,23)24/h4-7,15H,3,8-14H2,1-2H3,(H,19,20). The summed E-state index contributed by atoms with van der Waals surface area (Å²) in [6, 6.07) is 8.49. The lowest BCUT2D eigenvalue weighted by Gasteiger charge is -2.30. The maximum absolute atomic E-state index is 11.6. The lowest BCUT2D eigenvalue weighted by molar-refractivity contribution is 0.280. The molecule has 0 spiro atoms. The lowest BCUT2D eigenvalue weighted by Crippen LogP contribution is -2.42. The number of hydrogen-bond donors (Lipinski definition) is 1. The minimum absolute atomic E-state index is 0.449. The first-order chi connectivity index (χ1) is 12.0. The van der Waals surface area contributed by atoms with Crippen LogP contribution < -0.4 is 10.2 Å². The van der Waals surface area contributed by atoms with E-state index < -0.39 is 10.0 Å². The Morgan fingerprint density at radius 3 is 2.64 bits per heavy atom. The number of fused-ring (bicyclic) bond motifs is 1. The maximum atomic E-state index is 11.6. The molecule has 6 nitrogen and oxygen atoms in total. The molecule has 0 radical (unpaired) electrons. The highest BCUT2D eigenvalue weighted by Crippen LogP contribution is 2.27. The fourth-order valence-corrected chi connectivity index (χ4v) is 4.47. The normalized spacial score (nSPS) is 19.9. The van der Waals surface area contributed by atoms with Gasteiger partial charge < -0.3 is 10.2 Å². The van der Waals surface area contributed by atoms with Gasteiger partial charge in [-0.15, -0.1) is 0 Å². The molecule has 0 atom stereocenters. The SMILES string of the molecule is CCNC(=NCC1CCN(S(C)(=O)=O)CC1)N1CCc2ccccc21. The number of hydrogen-bond acceptors (Lipinski definition) is 3. The van der Waals surface area contributed by atoms with E-state index in [1.165, 1.54) is 17.5 Å². The first-order valence-corrected chi connectivity index (χ1v) is 10.9. The summed E-state index contributed by atoms with van der Waals surface area (Å²) in [5.74, 6) is 1.39. The average molecular weight is 365 g/mol. The molecule has 1 N–H and O–H groups in total. The predicted molar refractivity (Wildman–Crippen MR) is 103 cm³/mol. The van der Waals surface area contributed by atoms with Crippen molar-refractivity contribution in [3.63, 3.8) is 0 Å². The molecule has 0 bridgehead atoms. The van der Waals surface area contributed by atoms with E-state index in [1.54, 1.807) is 4.31 Å². The number of benzene rings is 1. The zero-order valence-corrected chi connectivity index (χ0v) is 15.9. The van der Waals surface area contributed by atoms with Gasteiger partial charge in [-0.3, -0.25) is 4.99 Å². The molecule has 25 heavy (non-hydrogen) atoms. The van der Waals surface area contributed by atoms with E-state index in [-0.39, 0.29) is 0 Å². The summed E-state index contributed by atoms with van der Waals surface area (Å²) in [6.07, 6.45) is 4.10. The fraction of sp³-hybridized carbons (Fsp3) is 0.611. The summed E-state index contributed by atoms with van der Waals surface area (Å²) in [5, 5.41) is 3.41. The quantitative estimate of drug-likeness (QED) is 0.652. The summed E-state index contributed by atoms with van der Waals surface area (Å²) in [4.78, 5) is 7.14. The Hall–Kier alpha value is -1.60. The number of nitrogens with zero attached hydrogens (tertiary/aromatic N) is 3. The minimum atomic E-state index is -3.06. The van der Waals surface area contributed by atoms with Crippen LogP contribution in [0.25, 0.3) is 0 Å². The van der Waals surface area contributed by atoms with Gasteiger partial charge in [0, 0.05) is 38.4 Å². The van der Waals surface area contributed by atoms with Crippen molar-refractivity contribution in [3.05, 3.63) is 29.8 Å². The van der Waals surface area contributed by atoms with E-state index >= 15 is 0 Å². The van der Waals surface area contributed by atoms with Crippen molar-refractivity contribution >= 4 is 21.7 Å². The van der Waals surface area contributed by atoms with E-state index in [1.807, 2.05) is 0 Å². The topological polar surface area (TPSA) is 65.0 Å². The summed E-state index contributed by atoms with van der Waals surface area (Å²) < 4.78 is 24.8. The Morgan fingerprint density at radius 1 is 1.24 bits per heavy atom. The van der Waals surface area contributed by atoms with Gasteiger partial charge in [-0.25, -0.2) is 12.7 Å². The molecule has 1 saturated heterocycles. The Labute approximate surface area is 151 Å². The van der Waals surface area contributed by atoms with Gasteiger partial charge in [0.25, 0.3) is 0 Å². The fourth-order valence-electron chi connectivity index (χ4n) is 3.59. The summed E-state index contributed by atoms with van der Waals surface area (Å²) in [5.41, 5.74) is 2.61. The average Bonchev–Trinajstić information content (AvgIpc) is 3.02. The molecule has 0 aliphatic carbocycles. The first-order valence-electron chi connectivity index (χ1n) is 9.08. The van der Waals surface area contributed by atoms with Crippen LogP contribution in [0.2, 0.25) is 0 Å². The first kappa shape index (κ1) is 18.2. The minimum Gasteiger partial charge on any atom is -0.356 e. The Bertz CT molecular complexity index is 724. The molecule has 3 rings (SSSR count). The van der Waals surface area contributed by atoms with E-state index in [4.69, 9.17) is 4.99 Å². The number of piperidine rings is 1. The third-order valence-corrected chi connectivity index (χ3v) is 6.32. The number of sulfonamides is 1. The molecule has 2 aliphatic rings. The van der Waals surface area contributed by atoms with Gasteiger partial charge >= 0.3 is 0 Å². The van der Waals surface area contributed by atoms with Gasteiger partial charge in [0.1, 0.15) is 0 Å². The lowest BCUT2D eigenvalue weighted by atomic mass is 9.98. The van der Waals surface area contributed by atoms with Crippen molar-refractivity contribution in [1.82, 2.24) is 9.62 Å². The Balaban J connectivity index is 1.64. The van der Waals surface area contributed by atoms with Crippen molar-refractivity contribution in [2.75, 3.05) is 43.9 Å². The third kappa shape index (κ3) is 4.33. The van der Waals surface area contributed by atoms with Crippen LogP contribution in [-0.4, -0.2) is 57.7 Å². The number of guanidine groups is 1. The van der Waals surface area contributed by atoms with Crippen LogP contribution in [-0.2, 0) is 16.4 Å². The van der Waals surface area contributed by atoms with Crippen LogP contribution in [0.15, 0.2) is 29.3 Å². The molecule has 0 aromatic heterocycles. The Kier molecular flexibility index (Phi) is 5.64. The molecule has 0 amide bonds. The molecule has 1 aromatic carbocycles. The van der Waals surface area contributed by atoms with E-state index in [9.17, 15) is 8.42 Å². The van der Waals surface area contributed by atoms with E-state index in [2.05, 4.69) is 41.4 Å². The molecule has 2 heterocycles. The van der Waals surface area contributed by atoms with Crippen LogP contribution in [0.4, 0.5) is 5.69 Å². The van der Waals surface area contributed by atoms with Crippen molar-refractivity contribution in [2.45, 2.75) is 26.2 Å². The highest BCUT2D eigenvalue weighted by molar-refractivity contribution is 7.88. The third-order valence-electron chi connectivity index (χ3n) is 5.02. The molecule has 7 heteroatoms. The van der Waals surface area contributed by atoms with Gasteiger partial charge in [0.2, 0.25) is 10.0 Å². The summed E-state index contributed by atoms with van der Waals surface area (Å²) in [7, 11) is -3.06. The van der Waals surface area contributed by atoms with Crippen molar-refractivity contribution < 1.29 is 8.42 Å². The zero-order valence-electron chi connectivity index (χ0n) is 15.1. The van der Waals surface area contributed by atoms with E-state index in [0.29, 0.717) is 19.0 Å². The van der Waals surface area contributed by atoms with Gasteiger partial charge in [-0.05, 0) is 43.7 Å². The van der Waals surface area contributed by atoms with Gasteiger partial charge in [0.15, 0.2) is 5.96 Å². The van der Waals surface area contributed by atoms with Gasteiger partial charge in [-0.1, -0.05) is 18.2 Å². The van der Waals surface area contributed by atoms with E-state index in [0.717, 1.165) is 44.9 Å². The van der Waals surface area contributed by atoms with Crippen molar-refractivity contribution in [2.24, 2.45) is 10.9 Å². The number of para-hydroxylation sites is 1. The largest absolute Gasteiger partial charge is 0.356 e. The highest BCUT2D eigenvalue weighted by Gasteiger charge is 2.26. The van der Waals surface area contributed by atoms with Crippen LogP contribution in [0.1, 0.15) is 25.3 Å². The molecule has 0 saturated carbocycles. The predicted octanol–water partition coefficient (Wildman–Crippen LogP) is 1.69. The van der Waals surface area contributed by atoms with Crippen LogP contribution in [0.3, 0.4) is 0 Å². The van der Waals surface area contributed by atoms with Crippen LogP contribution >= 0.6 is 0 Å². The molecule has 1 fully saturated rings. The number of aliphatic imine (C=N–C) groups is 1. The van der Waals surface area contributed by atoms with Crippen molar-refractivity contribution in [3.8, 4) is 0 Å². The second-order valence-electron chi connectivity index (χ2n) is 6.83. The number of anilines is 1. The smallest absolute Gasteiger partial charge is 0.211 e. The molecule has 2 aliphatic heterocycles. The molecule has 0 unspecified atom stereocenters. The van der Waals surface area contributed by atoms with Crippen molar-refractivity contribution in [1.29, 1.82) is 0 Å². The second kappa shape index (κ2) is 7.74. The molecule has 138 valence electrons. The maximum Gasteiger partial charge on any atom is 0.211 e. The van der Waals surface area contributed by atoms with Gasteiger partial charge in [0.05, 0.1) is 6.26 Å². The second-order valence-corrected chi connectivity index (χ2v) is 8.81. The number of nitrogens with one attached hydrogen (secondary N) is 1. The summed E-state index contributed by atoms with van der Waals surface area (Å²) >= 11 is 0.